The van der Waals surface area contributed by atoms with Crippen molar-refractivity contribution in [2.75, 3.05) is 13.6 Å². The SMILES string of the molecule is CC1CC1CN(C)S(=O)(=O)c1ccc(Br)cc1Br. The van der Waals surface area contributed by atoms with Gasteiger partial charge in [0, 0.05) is 22.5 Å². The van der Waals surface area contributed by atoms with Crippen molar-refractivity contribution in [1.82, 2.24) is 4.31 Å². The Morgan fingerprint density at radius 3 is 2.50 bits per heavy atom. The van der Waals surface area contributed by atoms with Gasteiger partial charge in [-0.15, -0.1) is 0 Å². The lowest BCUT2D eigenvalue weighted by atomic mass is 10.3. The molecule has 0 spiro atoms. The zero-order chi connectivity index (χ0) is 13.5. The third-order valence-corrected chi connectivity index (χ3v) is 6.64. The maximum absolute atomic E-state index is 12.4. The molecule has 1 fully saturated rings. The van der Waals surface area contributed by atoms with Gasteiger partial charge in [0.25, 0.3) is 0 Å². The molecule has 0 aromatic heterocycles. The molecule has 1 saturated carbocycles. The van der Waals surface area contributed by atoms with Crippen LogP contribution in [0.5, 0.6) is 0 Å². The van der Waals surface area contributed by atoms with Crippen LogP contribution in [-0.4, -0.2) is 26.3 Å². The minimum atomic E-state index is -3.40. The summed E-state index contributed by atoms with van der Waals surface area (Å²) in [5.74, 6) is 1.16. The summed E-state index contributed by atoms with van der Waals surface area (Å²) in [4.78, 5) is 0.321. The molecule has 18 heavy (non-hydrogen) atoms. The van der Waals surface area contributed by atoms with Crippen LogP contribution in [0.25, 0.3) is 0 Å². The molecule has 0 radical (unpaired) electrons. The number of nitrogens with zero attached hydrogens (tertiary/aromatic N) is 1. The van der Waals surface area contributed by atoms with Crippen molar-refractivity contribution >= 4 is 41.9 Å². The molecule has 2 rings (SSSR count). The molecule has 0 saturated heterocycles. The first-order valence-corrected chi connectivity index (χ1v) is 8.76. The molecule has 1 aromatic carbocycles. The standard InChI is InChI=1S/C12H15Br2NO2S/c1-8-5-9(8)7-15(2)18(16,17)12-4-3-10(13)6-11(12)14/h3-4,6,8-9H,5,7H2,1-2H3. The van der Waals surface area contributed by atoms with Gasteiger partial charge in [-0.25, -0.2) is 12.7 Å². The summed E-state index contributed by atoms with van der Waals surface area (Å²) in [7, 11) is -1.75. The van der Waals surface area contributed by atoms with Crippen LogP contribution in [0.2, 0.25) is 0 Å². The zero-order valence-electron chi connectivity index (χ0n) is 10.2. The molecule has 3 nitrogen and oxygen atoms in total. The second-order valence-corrected chi connectivity index (χ2v) is 8.62. The van der Waals surface area contributed by atoms with Crippen LogP contribution >= 0.6 is 31.9 Å². The van der Waals surface area contributed by atoms with E-state index in [0.29, 0.717) is 27.7 Å². The molecular weight excluding hydrogens is 382 g/mol. The summed E-state index contributed by atoms with van der Waals surface area (Å²) in [6.45, 7) is 2.76. The van der Waals surface area contributed by atoms with Gasteiger partial charge < -0.3 is 0 Å². The van der Waals surface area contributed by atoms with Gasteiger partial charge in [-0.3, -0.25) is 0 Å². The van der Waals surface area contributed by atoms with E-state index in [9.17, 15) is 8.42 Å². The van der Waals surface area contributed by atoms with Crippen molar-refractivity contribution < 1.29 is 8.42 Å². The van der Waals surface area contributed by atoms with Crippen LogP contribution in [-0.2, 0) is 10.0 Å². The predicted molar refractivity (Wildman–Crippen MR) is 78.9 cm³/mol. The Bertz CT molecular complexity index is 559. The number of benzene rings is 1. The van der Waals surface area contributed by atoms with E-state index >= 15 is 0 Å². The van der Waals surface area contributed by atoms with E-state index in [4.69, 9.17) is 0 Å². The molecule has 0 bridgehead atoms. The van der Waals surface area contributed by atoms with Crippen LogP contribution in [0.15, 0.2) is 32.0 Å². The summed E-state index contributed by atoms with van der Waals surface area (Å²) in [6.07, 6.45) is 1.13. The first-order chi connectivity index (χ1) is 8.32. The lowest BCUT2D eigenvalue weighted by Crippen LogP contribution is -2.29. The van der Waals surface area contributed by atoms with E-state index in [0.717, 1.165) is 10.9 Å². The van der Waals surface area contributed by atoms with Gasteiger partial charge in [-0.1, -0.05) is 22.9 Å². The van der Waals surface area contributed by atoms with E-state index in [-0.39, 0.29) is 0 Å². The maximum atomic E-state index is 12.4. The normalized spacial score (nSPS) is 23.4. The van der Waals surface area contributed by atoms with E-state index in [1.54, 1.807) is 25.2 Å². The number of hydrogen-bond acceptors (Lipinski definition) is 2. The highest BCUT2D eigenvalue weighted by Crippen LogP contribution is 2.39. The van der Waals surface area contributed by atoms with Crippen LogP contribution in [0.1, 0.15) is 13.3 Å². The minimum Gasteiger partial charge on any atom is -0.207 e. The molecule has 0 heterocycles. The van der Waals surface area contributed by atoms with E-state index in [1.165, 1.54) is 4.31 Å². The van der Waals surface area contributed by atoms with Crippen LogP contribution in [0, 0.1) is 11.8 Å². The molecule has 6 heteroatoms. The molecule has 1 aliphatic rings. The number of rotatable bonds is 4. The maximum Gasteiger partial charge on any atom is 0.243 e. The average molecular weight is 397 g/mol. The Morgan fingerprint density at radius 2 is 2.00 bits per heavy atom. The molecule has 0 aliphatic heterocycles. The molecule has 1 aliphatic carbocycles. The third kappa shape index (κ3) is 2.98. The van der Waals surface area contributed by atoms with Gasteiger partial charge in [-0.05, 0) is 52.4 Å². The summed E-state index contributed by atoms with van der Waals surface area (Å²) in [5.41, 5.74) is 0. The Kier molecular flexibility index (Phi) is 4.21. The average Bonchev–Trinajstić information content (AvgIpc) is 2.93. The van der Waals surface area contributed by atoms with Gasteiger partial charge in [0.05, 0.1) is 4.90 Å². The smallest absolute Gasteiger partial charge is 0.207 e. The Balaban J connectivity index is 2.24. The van der Waals surface area contributed by atoms with Crippen LogP contribution < -0.4 is 0 Å². The van der Waals surface area contributed by atoms with Crippen molar-refractivity contribution in [2.24, 2.45) is 11.8 Å². The van der Waals surface area contributed by atoms with Gasteiger partial charge in [0.2, 0.25) is 10.0 Å². The van der Waals surface area contributed by atoms with Gasteiger partial charge in [0.1, 0.15) is 0 Å². The lowest BCUT2D eigenvalue weighted by Gasteiger charge is -2.18. The van der Waals surface area contributed by atoms with Crippen molar-refractivity contribution in [3.63, 3.8) is 0 Å². The number of hydrogen-bond donors (Lipinski definition) is 0. The zero-order valence-corrected chi connectivity index (χ0v) is 14.2. The molecule has 2 atom stereocenters. The fraction of sp³-hybridized carbons (Fsp3) is 0.500. The predicted octanol–water partition coefficient (Wildman–Crippen LogP) is 3.49. The van der Waals surface area contributed by atoms with E-state index in [1.807, 2.05) is 0 Å². The summed E-state index contributed by atoms with van der Waals surface area (Å²) in [5, 5.41) is 0. The summed E-state index contributed by atoms with van der Waals surface area (Å²) < 4.78 is 27.7. The number of sulfonamides is 1. The minimum absolute atomic E-state index is 0.321. The molecule has 2 unspecified atom stereocenters. The second-order valence-electron chi connectivity index (χ2n) is 4.83. The van der Waals surface area contributed by atoms with Crippen molar-refractivity contribution in [1.29, 1.82) is 0 Å². The molecule has 1 aromatic rings. The van der Waals surface area contributed by atoms with Gasteiger partial charge in [0.15, 0.2) is 0 Å². The summed E-state index contributed by atoms with van der Waals surface area (Å²) >= 11 is 6.63. The third-order valence-electron chi connectivity index (χ3n) is 3.35. The van der Waals surface area contributed by atoms with Crippen molar-refractivity contribution in [3.05, 3.63) is 27.1 Å². The quantitative estimate of drug-likeness (QED) is 0.781. The van der Waals surface area contributed by atoms with Crippen molar-refractivity contribution in [2.45, 2.75) is 18.2 Å². The van der Waals surface area contributed by atoms with E-state index in [2.05, 4.69) is 38.8 Å². The molecular formula is C12H15Br2NO2S. The largest absolute Gasteiger partial charge is 0.243 e. The summed E-state index contributed by atoms with van der Waals surface area (Å²) in [6, 6.07) is 5.11. The van der Waals surface area contributed by atoms with Crippen LogP contribution in [0.3, 0.4) is 0 Å². The van der Waals surface area contributed by atoms with Gasteiger partial charge in [-0.2, -0.15) is 0 Å². The topological polar surface area (TPSA) is 37.4 Å². The highest BCUT2D eigenvalue weighted by atomic mass is 79.9. The first-order valence-electron chi connectivity index (χ1n) is 5.73. The Hall–Kier alpha value is 0.0900. The van der Waals surface area contributed by atoms with Crippen molar-refractivity contribution in [3.8, 4) is 0 Å². The first kappa shape index (κ1) is 14.5. The van der Waals surface area contributed by atoms with Crippen LogP contribution in [0.4, 0.5) is 0 Å². The molecule has 0 amide bonds. The molecule has 100 valence electrons. The Labute approximate surface area is 125 Å². The molecule has 0 N–H and O–H groups in total. The second kappa shape index (κ2) is 5.23. The Morgan fingerprint density at radius 1 is 1.39 bits per heavy atom. The lowest BCUT2D eigenvalue weighted by molar-refractivity contribution is 0.444. The van der Waals surface area contributed by atoms with E-state index < -0.39 is 10.0 Å². The highest BCUT2D eigenvalue weighted by Gasteiger charge is 2.36. The fourth-order valence-electron chi connectivity index (χ4n) is 1.93. The number of halogens is 2. The monoisotopic (exact) mass is 395 g/mol. The van der Waals surface area contributed by atoms with Gasteiger partial charge >= 0.3 is 0 Å². The fourth-order valence-corrected chi connectivity index (χ4v) is 4.86. The highest BCUT2D eigenvalue weighted by molar-refractivity contribution is 9.11.